The van der Waals surface area contributed by atoms with Gasteiger partial charge in [-0.3, -0.25) is 9.69 Å². The van der Waals surface area contributed by atoms with Crippen molar-refractivity contribution in [1.29, 1.82) is 0 Å². The fourth-order valence-corrected chi connectivity index (χ4v) is 6.19. The molecule has 4 nitrogen and oxygen atoms in total. The van der Waals surface area contributed by atoms with Crippen LogP contribution in [0.5, 0.6) is 5.75 Å². The Balaban J connectivity index is 1.47. The summed E-state index contributed by atoms with van der Waals surface area (Å²) in [6.07, 6.45) is 3.92. The average molecular weight is 604 g/mol. The van der Waals surface area contributed by atoms with E-state index in [1.54, 1.807) is 4.90 Å². The minimum absolute atomic E-state index is 0.0687. The summed E-state index contributed by atoms with van der Waals surface area (Å²) in [5.41, 5.74) is 1.89. The van der Waals surface area contributed by atoms with Crippen molar-refractivity contribution in [3.63, 3.8) is 0 Å². The third-order valence-corrected chi connectivity index (χ3v) is 7.71. The number of carbonyl (C=O) groups excluding carboxylic acids is 1. The Labute approximate surface area is 212 Å². The number of amides is 1. The van der Waals surface area contributed by atoms with Gasteiger partial charge in [-0.1, -0.05) is 47.7 Å². The molecule has 0 unspecified atom stereocenters. The van der Waals surface area contributed by atoms with E-state index in [2.05, 4.69) is 31.9 Å². The van der Waals surface area contributed by atoms with Crippen LogP contribution in [0.15, 0.2) is 50.2 Å². The van der Waals surface area contributed by atoms with E-state index in [1.807, 2.05) is 42.5 Å². The Morgan fingerprint density at radius 1 is 1.26 bits per heavy atom. The minimum atomic E-state index is -0.0687. The first-order valence-corrected chi connectivity index (χ1v) is 12.8. The van der Waals surface area contributed by atoms with Gasteiger partial charge in [0.1, 0.15) is 16.7 Å². The minimum Gasteiger partial charge on any atom is -0.487 e. The molecule has 4 rings (SSSR count). The van der Waals surface area contributed by atoms with E-state index in [-0.39, 0.29) is 12.0 Å². The van der Waals surface area contributed by atoms with Crippen LogP contribution in [0.4, 0.5) is 0 Å². The fourth-order valence-electron chi connectivity index (χ4n) is 3.34. The maximum atomic E-state index is 12.9. The molecular formula is C22H18Br2ClNO3S2. The molecule has 0 bridgehead atoms. The maximum absolute atomic E-state index is 12.9. The summed E-state index contributed by atoms with van der Waals surface area (Å²) in [6, 6.07) is 11.4. The molecule has 0 radical (unpaired) electrons. The molecule has 2 aliphatic heterocycles. The number of hydrogen-bond acceptors (Lipinski definition) is 5. The van der Waals surface area contributed by atoms with Crippen LogP contribution in [-0.2, 0) is 16.1 Å². The van der Waals surface area contributed by atoms with Crippen molar-refractivity contribution in [1.82, 2.24) is 4.90 Å². The number of ether oxygens (including phenoxy) is 2. The third kappa shape index (κ3) is 5.72. The molecule has 9 heteroatoms. The van der Waals surface area contributed by atoms with E-state index in [1.165, 1.54) is 11.8 Å². The zero-order valence-corrected chi connectivity index (χ0v) is 21.8. The van der Waals surface area contributed by atoms with Crippen LogP contribution in [0.3, 0.4) is 0 Å². The number of thioether (sulfide) groups is 1. The molecule has 0 spiro atoms. The second kappa shape index (κ2) is 10.4. The lowest BCUT2D eigenvalue weighted by atomic mass is 10.2. The number of nitrogens with zero attached hydrogens (tertiary/aromatic N) is 1. The van der Waals surface area contributed by atoms with E-state index < -0.39 is 0 Å². The first kappa shape index (κ1) is 23.3. The first-order chi connectivity index (χ1) is 14.9. The zero-order chi connectivity index (χ0) is 22.0. The van der Waals surface area contributed by atoms with Gasteiger partial charge in [0.05, 0.1) is 26.5 Å². The highest BCUT2D eigenvalue weighted by Crippen LogP contribution is 2.38. The molecule has 1 amide bonds. The second-order valence-corrected chi connectivity index (χ2v) is 11.0. The summed E-state index contributed by atoms with van der Waals surface area (Å²) in [6.45, 7) is 1.69. The number of carbonyl (C=O) groups is 1. The number of halogens is 3. The van der Waals surface area contributed by atoms with Crippen molar-refractivity contribution < 1.29 is 14.3 Å². The summed E-state index contributed by atoms with van der Waals surface area (Å²) in [5, 5.41) is 0.691. The van der Waals surface area contributed by atoms with Crippen LogP contribution in [0, 0.1) is 0 Å². The van der Waals surface area contributed by atoms with Crippen LogP contribution in [-0.4, -0.2) is 34.4 Å². The molecule has 2 fully saturated rings. The summed E-state index contributed by atoms with van der Waals surface area (Å²) in [7, 11) is 0. The Kier molecular flexibility index (Phi) is 7.77. The van der Waals surface area contributed by atoms with E-state index in [9.17, 15) is 4.79 Å². The number of thiocarbonyl (C=S) groups is 1. The largest absolute Gasteiger partial charge is 0.487 e. The Morgan fingerprint density at radius 2 is 1.97 bits per heavy atom. The van der Waals surface area contributed by atoms with Gasteiger partial charge < -0.3 is 9.47 Å². The van der Waals surface area contributed by atoms with Gasteiger partial charge in [0.2, 0.25) is 0 Å². The second-order valence-electron chi connectivity index (χ2n) is 7.16. The molecule has 0 saturated carbocycles. The molecule has 0 aromatic heterocycles. The molecule has 0 N–H and O–H groups in total. The van der Waals surface area contributed by atoms with Crippen LogP contribution in [0.25, 0.3) is 6.08 Å². The molecule has 2 saturated heterocycles. The van der Waals surface area contributed by atoms with E-state index in [4.69, 9.17) is 33.3 Å². The summed E-state index contributed by atoms with van der Waals surface area (Å²) in [4.78, 5) is 15.1. The smallest absolute Gasteiger partial charge is 0.266 e. The average Bonchev–Trinajstić information content (AvgIpc) is 3.33. The van der Waals surface area contributed by atoms with E-state index >= 15 is 0 Å². The van der Waals surface area contributed by atoms with Crippen molar-refractivity contribution in [2.45, 2.75) is 25.6 Å². The predicted molar refractivity (Wildman–Crippen MR) is 136 cm³/mol. The summed E-state index contributed by atoms with van der Waals surface area (Å²) in [5.74, 6) is 0.624. The highest BCUT2D eigenvalue weighted by atomic mass is 79.9. The monoisotopic (exact) mass is 601 g/mol. The van der Waals surface area contributed by atoms with Gasteiger partial charge in [-0.15, -0.1) is 0 Å². The molecule has 2 heterocycles. The topological polar surface area (TPSA) is 38.8 Å². The van der Waals surface area contributed by atoms with Gasteiger partial charge in [0.25, 0.3) is 5.91 Å². The lowest BCUT2D eigenvalue weighted by Crippen LogP contribution is -2.35. The Morgan fingerprint density at radius 3 is 2.61 bits per heavy atom. The maximum Gasteiger partial charge on any atom is 0.266 e. The molecule has 0 aliphatic carbocycles. The van der Waals surface area contributed by atoms with Gasteiger partial charge in [-0.2, -0.15) is 0 Å². The van der Waals surface area contributed by atoms with Crippen molar-refractivity contribution in [3.05, 3.63) is 66.4 Å². The molecule has 2 aliphatic rings. The van der Waals surface area contributed by atoms with Crippen LogP contribution < -0.4 is 4.74 Å². The first-order valence-electron chi connectivity index (χ1n) is 9.64. The molecule has 1 atom stereocenters. The molecule has 31 heavy (non-hydrogen) atoms. The van der Waals surface area contributed by atoms with Gasteiger partial charge in [0.15, 0.2) is 0 Å². The van der Waals surface area contributed by atoms with Gasteiger partial charge >= 0.3 is 0 Å². The normalized spacial score (nSPS) is 20.2. The molecular weight excluding hydrogens is 586 g/mol. The third-order valence-electron chi connectivity index (χ3n) is 4.90. The zero-order valence-electron chi connectivity index (χ0n) is 16.3. The van der Waals surface area contributed by atoms with E-state index in [0.717, 1.165) is 39.5 Å². The van der Waals surface area contributed by atoms with E-state index in [0.29, 0.717) is 33.1 Å². The Hall–Kier alpha value is -0.900. The lowest BCUT2D eigenvalue weighted by Gasteiger charge is -2.18. The van der Waals surface area contributed by atoms with Gasteiger partial charge in [0, 0.05) is 11.6 Å². The standard InChI is InChI=1S/C22H18Br2ClNO3S2/c23-17-8-14(9-18(24)20(17)29-12-13-3-5-15(25)6-4-13)10-19-21(27)26(22(30)31-19)11-16-2-1-7-28-16/h3-6,8-10,16H,1-2,7,11-12H2/b19-10-/t16-/m1/s1. The van der Waals surface area contributed by atoms with Crippen LogP contribution in [0.2, 0.25) is 5.02 Å². The summed E-state index contributed by atoms with van der Waals surface area (Å²) >= 11 is 19.8. The fraction of sp³-hybridized carbons (Fsp3) is 0.273. The number of rotatable bonds is 6. The quantitative estimate of drug-likeness (QED) is 0.268. The van der Waals surface area contributed by atoms with Crippen molar-refractivity contribution >= 4 is 83.7 Å². The van der Waals surface area contributed by atoms with Crippen molar-refractivity contribution in [2.24, 2.45) is 0 Å². The molecule has 162 valence electrons. The Bertz CT molecular complexity index is 1020. The lowest BCUT2D eigenvalue weighted by molar-refractivity contribution is -0.123. The summed E-state index contributed by atoms with van der Waals surface area (Å²) < 4.78 is 13.8. The van der Waals surface area contributed by atoms with Crippen LogP contribution in [0.1, 0.15) is 24.0 Å². The van der Waals surface area contributed by atoms with Crippen molar-refractivity contribution in [3.8, 4) is 5.75 Å². The van der Waals surface area contributed by atoms with Gasteiger partial charge in [-0.25, -0.2) is 0 Å². The van der Waals surface area contributed by atoms with Gasteiger partial charge in [-0.05, 0) is 86.2 Å². The van der Waals surface area contributed by atoms with Crippen molar-refractivity contribution in [2.75, 3.05) is 13.2 Å². The molecule has 2 aromatic rings. The predicted octanol–water partition coefficient (Wildman–Crippen LogP) is 6.82. The number of benzene rings is 2. The molecule has 2 aromatic carbocycles. The van der Waals surface area contributed by atoms with Crippen LogP contribution >= 0.6 is 67.4 Å². The highest BCUT2D eigenvalue weighted by molar-refractivity contribution is 9.11. The SMILES string of the molecule is O=C1/C(=C/c2cc(Br)c(OCc3ccc(Cl)cc3)c(Br)c2)SC(=S)N1C[C@H]1CCCO1. The highest BCUT2D eigenvalue weighted by Gasteiger charge is 2.34. The number of hydrogen-bond donors (Lipinski definition) is 0.